The summed E-state index contributed by atoms with van der Waals surface area (Å²) in [5.74, 6) is 0. The average Bonchev–Trinajstić information content (AvgIpc) is 3.84. The molecule has 280 valence electrons. The fourth-order valence-corrected chi connectivity index (χ4v) is 9.26. The van der Waals surface area contributed by atoms with Crippen molar-refractivity contribution in [1.29, 1.82) is 0 Å². The van der Waals surface area contributed by atoms with Crippen molar-refractivity contribution in [3.05, 3.63) is 224 Å². The summed E-state index contributed by atoms with van der Waals surface area (Å²) in [4.78, 5) is 5.20. The Morgan fingerprint density at radius 3 is 1.53 bits per heavy atom. The normalized spacial score (nSPS) is 11.7. The van der Waals surface area contributed by atoms with E-state index in [0.717, 1.165) is 33.8 Å². The van der Waals surface area contributed by atoms with Crippen LogP contribution in [-0.4, -0.2) is 14.1 Å². The zero-order chi connectivity index (χ0) is 39.6. The molecule has 0 aliphatic heterocycles. The van der Waals surface area contributed by atoms with Gasteiger partial charge in [-0.1, -0.05) is 164 Å². The molecule has 0 fully saturated rings. The van der Waals surface area contributed by atoms with Gasteiger partial charge in [0.2, 0.25) is 0 Å². The third-order valence-electron chi connectivity index (χ3n) is 12.1. The van der Waals surface area contributed by atoms with Crippen molar-refractivity contribution in [1.82, 2.24) is 14.1 Å². The second-order valence-electron chi connectivity index (χ2n) is 15.6. The van der Waals surface area contributed by atoms with Crippen molar-refractivity contribution < 1.29 is 0 Å². The monoisotopic (exact) mass is 763 g/mol. The highest BCUT2D eigenvalue weighted by Crippen LogP contribution is 2.40. The summed E-state index contributed by atoms with van der Waals surface area (Å²) in [5, 5.41) is 7.44. The highest BCUT2D eigenvalue weighted by molar-refractivity contribution is 6.13. The molecule has 0 N–H and O–H groups in total. The van der Waals surface area contributed by atoms with Crippen molar-refractivity contribution in [3.63, 3.8) is 0 Å². The molecule has 0 saturated carbocycles. The second kappa shape index (κ2) is 13.8. The topological polar surface area (TPSA) is 22.8 Å². The van der Waals surface area contributed by atoms with E-state index in [4.69, 9.17) is 4.98 Å². The van der Waals surface area contributed by atoms with E-state index in [9.17, 15) is 0 Å². The fraction of sp³-hybridized carbons (Fsp3) is 0. The Labute approximate surface area is 347 Å². The summed E-state index contributed by atoms with van der Waals surface area (Å²) in [6.07, 6.45) is 0. The summed E-state index contributed by atoms with van der Waals surface area (Å²) in [7, 11) is 0. The second-order valence-corrected chi connectivity index (χ2v) is 15.6. The molecule has 3 heterocycles. The first-order chi connectivity index (χ1) is 29.7. The van der Waals surface area contributed by atoms with Gasteiger partial charge in [-0.3, -0.25) is 0 Å². The maximum absolute atomic E-state index is 5.20. The molecule has 9 aromatic carbocycles. The Hall–Kier alpha value is -8.01. The highest BCUT2D eigenvalue weighted by Gasteiger charge is 2.18. The van der Waals surface area contributed by atoms with Gasteiger partial charge in [-0.05, 0) is 88.3 Å². The van der Waals surface area contributed by atoms with E-state index >= 15 is 0 Å². The zero-order valence-electron chi connectivity index (χ0n) is 32.7. The van der Waals surface area contributed by atoms with Crippen LogP contribution in [-0.2, 0) is 0 Å². The first-order valence-electron chi connectivity index (χ1n) is 20.5. The smallest absolute Gasteiger partial charge is 0.0715 e. The lowest BCUT2D eigenvalue weighted by atomic mass is 10.00. The molecule has 3 aromatic heterocycles. The molecular weight excluding hydrogens is 727 g/mol. The molecule has 0 bridgehead atoms. The number of rotatable bonds is 6. The summed E-state index contributed by atoms with van der Waals surface area (Å²) in [6.45, 7) is 0. The third kappa shape index (κ3) is 5.55. The van der Waals surface area contributed by atoms with Crippen LogP contribution in [0, 0.1) is 0 Å². The Morgan fingerprint density at radius 1 is 0.267 bits per heavy atom. The molecule has 0 radical (unpaired) electrons. The lowest BCUT2D eigenvalue weighted by Gasteiger charge is -2.13. The van der Waals surface area contributed by atoms with Crippen LogP contribution in [0.5, 0.6) is 0 Å². The maximum Gasteiger partial charge on any atom is 0.0715 e. The van der Waals surface area contributed by atoms with Crippen LogP contribution in [0.2, 0.25) is 0 Å². The average molecular weight is 764 g/mol. The largest absolute Gasteiger partial charge is 0.309 e. The molecule has 12 rings (SSSR count). The van der Waals surface area contributed by atoms with Crippen molar-refractivity contribution in [2.75, 3.05) is 0 Å². The summed E-state index contributed by atoms with van der Waals surface area (Å²) in [6, 6.07) is 81.0. The van der Waals surface area contributed by atoms with Gasteiger partial charge < -0.3 is 9.13 Å². The highest BCUT2D eigenvalue weighted by atomic mass is 15.0. The van der Waals surface area contributed by atoms with Gasteiger partial charge in [-0.2, -0.15) is 0 Å². The summed E-state index contributed by atoms with van der Waals surface area (Å²) >= 11 is 0. The number of fused-ring (bicyclic) bond motifs is 7. The van der Waals surface area contributed by atoms with E-state index in [1.165, 1.54) is 76.8 Å². The Balaban J connectivity index is 0.984. The number of aromatic nitrogens is 3. The van der Waals surface area contributed by atoms with Crippen LogP contribution in [0.4, 0.5) is 0 Å². The number of para-hydroxylation sites is 2. The molecular formula is C57H37N3. The third-order valence-corrected chi connectivity index (χ3v) is 12.1. The SMILES string of the molecule is c1ccc(-c2cc(-c3ccccc3)nc(-c3ccc(-n4c5ccccc5c5ccc(-c6ccc7c(c6)c6ccccc6n7-c6cccc7ccccc67)cc54)cc3)c2)cc1. The quantitative estimate of drug-likeness (QED) is 0.165. The van der Waals surface area contributed by atoms with Gasteiger partial charge in [0.05, 0.1) is 39.1 Å². The van der Waals surface area contributed by atoms with E-state index in [0.29, 0.717) is 0 Å². The Morgan fingerprint density at radius 2 is 0.783 bits per heavy atom. The lowest BCUT2D eigenvalue weighted by Crippen LogP contribution is -1.95. The van der Waals surface area contributed by atoms with Crippen LogP contribution in [0.1, 0.15) is 0 Å². The first kappa shape index (κ1) is 34.1. The fourth-order valence-electron chi connectivity index (χ4n) is 9.26. The Bertz CT molecular complexity index is 3510. The summed E-state index contributed by atoms with van der Waals surface area (Å²) < 4.78 is 4.84. The van der Waals surface area contributed by atoms with Gasteiger partial charge in [-0.15, -0.1) is 0 Å². The van der Waals surface area contributed by atoms with E-state index in [-0.39, 0.29) is 0 Å². The van der Waals surface area contributed by atoms with Gasteiger partial charge in [0, 0.05) is 43.7 Å². The van der Waals surface area contributed by atoms with E-state index in [1.807, 2.05) is 6.07 Å². The molecule has 60 heavy (non-hydrogen) atoms. The molecule has 0 amide bonds. The zero-order valence-corrected chi connectivity index (χ0v) is 32.7. The minimum Gasteiger partial charge on any atom is -0.309 e. The molecule has 0 unspecified atom stereocenters. The molecule has 3 nitrogen and oxygen atoms in total. The van der Waals surface area contributed by atoms with Crippen LogP contribution < -0.4 is 0 Å². The van der Waals surface area contributed by atoms with Crippen molar-refractivity contribution in [3.8, 4) is 56.1 Å². The lowest BCUT2D eigenvalue weighted by molar-refractivity contribution is 1.18. The standard InChI is InChI=1S/C57H37N3/c1-3-14-38(15-4-1)44-35-51(40-17-5-2-6-18-40)58-52(36-44)41-26-30-45(31-27-41)59-54-23-11-9-21-47(54)49-32-28-43(37-57(49)59)42-29-33-56-50(34-42)48-22-10-12-24-55(48)60(56)53-25-13-19-39-16-7-8-20-46(39)53/h1-37H. The maximum atomic E-state index is 5.20. The molecule has 0 atom stereocenters. The predicted octanol–water partition coefficient (Wildman–Crippen LogP) is 15.1. The molecule has 12 aromatic rings. The summed E-state index contributed by atoms with van der Waals surface area (Å²) in [5.41, 5.74) is 15.8. The number of nitrogens with zero attached hydrogens (tertiary/aromatic N) is 3. The van der Waals surface area contributed by atoms with Crippen molar-refractivity contribution in [2.45, 2.75) is 0 Å². The van der Waals surface area contributed by atoms with Gasteiger partial charge in [0.1, 0.15) is 0 Å². The minimum absolute atomic E-state index is 0.948. The van der Waals surface area contributed by atoms with Crippen molar-refractivity contribution >= 4 is 54.4 Å². The van der Waals surface area contributed by atoms with E-state index in [1.54, 1.807) is 0 Å². The van der Waals surface area contributed by atoms with E-state index in [2.05, 4.69) is 228 Å². The number of hydrogen-bond acceptors (Lipinski definition) is 1. The van der Waals surface area contributed by atoms with Crippen molar-refractivity contribution in [2.24, 2.45) is 0 Å². The van der Waals surface area contributed by atoms with Gasteiger partial charge in [0.25, 0.3) is 0 Å². The first-order valence-corrected chi connectivity index (χ1v) is 20.5. The molecule has 0 spiro atoms. The molecule has 3 heteroatoms. The number of pyridine rings is 1. The van der Waals surface area contributed by atoms with Crippen LogP contribution in [0.25, 0.3) is 111 Å². The van der Waals surface area contributed by atoms with Crippen LogP contribution in [0.15, 0.2) is 224 Å². The Kier molecular flexibility index (Phi) is 7.85. The van der Waals surface area contributed by atoms with Gasteiger partial charge in [0.15, 0.2) is 0 Å². The van der Waals surface area contributed by atoms with Gasteiger partial charge >= 0.3 is 0 Å². The number of hydrogen-bond donors (Lipinski definition) is 0. The van der Waals surface area contributed by atoms with Crippen LogP contribution >= 0.6 is 0 Å². The van der Waals surface area contributed by atoms with Gasteiger partial charge in [-0.25, -0.2) is 4.98 Å². The number of benzene rings is 9. The molecule has 0 aliphatic rings. The molecule has 0 saturated heterocycles. The van der Waals surface area contributed by atoms with E-state index < -0.39 is 0 Å². The predicted molar refractivity (Wildman–Crippen MR) is 252 cm³/mol. The van der Waals surface area contributed by atoms with Crippen LogP contribution in [0.3, 0.4) is 0 Å². The molecule has 0 aliphatic carbocycles. The minimum atomic E-state index is 0.948.